The molecule has 180 valence electrons. The quantitative estimate of drug-likeness (QED) is 0.688. The molecule has 0 bridgehead atoms. The molecule has 1 saturated heterocycles. The van der Waals surface area contributed by atoms with Crippen LogP contribution in [0, 0.1) is 23.2 Å². The number of aromatic nitrogens is 2. The van der Waals surface area contributed by atoms with Gasteiger partial charge < -0.3 is 15.5 Å². The molecule has 9 nitrogen and oxygen atoms in total. The molecule has 0 aromatic carbocycles. The van der Waals surface area contributed by atoms with Crippen molar-refractivity contribution in [2.75, 3.05) is 30.3 Å². The van der Waals surface area contributed by atoms with E-state index in [2.05, 4.69) is 4.98 Å². The molecule has 1 fully saturated rings. The fraction of sp³-hybridized carbons (Fsp3) is 0.739. The Labute approximate surface area is 190 Å². The number of carbonyl (C=O) groups is 2. The van der Waals surface area contributed by atoms with Crippen LogP contribution in [0.4, 0.5) is 11.5 Å². The van der Waals surface area contributed by atoms with Crippen LogP contribution in [-0.2, 0) is 16.1 Å². The van der Waals surface area contributed by atoms with Gasteiger partial charge in [0.2, 0.25) is 11.8 Å². The lowest BCUT2D eigenvalue weighted by Gasteiger charge is -2.37. The van der Waals surface area contributed by atoms with Crippen molar-refractivity contribution in [3.05, 3.63) is 20.8 Å². The predicted molar refractivity (Wildman–Crippen MR) is 127 cm³/mol. The number of piperidine rings is 1. The van der Waals surface area contributed by atoms with Crippen LogP contribution in [0.3, 0.4) is 0 Å². The van der Waals surface area contributed by atoms with Gasteiger partial charge in [-0.3, -0.25) is 23.9 Å². The third-order valence-electron chi connectivity index (χ3n) is 5.62. The first-order chi connectivity index (χ1) is 14.7. The van der Waals surface area contributed by atoms with E-state index < -0.39 is 16.7 Å². The monoisotopic (exact) mass is 449 g/mol. The number of carbonyl (C=O) groups excluding carboxylic acids is 2. The second-order valence-corrected chi connectivity index (χ2v) is 10.7. The Kier molecular flexibility index (Phi) is 7.96. The van der Waals surface area contributed by atoms with Crippen molar-refractivity contribution in [2.24, 2.45) is 23.2 Å². The van der Waals surface area contributed by atoms with E-state index >= 15 is 0 Å². The first kappa shape index (κ1) is 25.7. The van der Waals surface area contributed by atoms with Crippen LogP contribution in [0.15, 0.2) is 9.59 Å². The molecule has 0 saturated carbocycles. The summed E-state index contributed by atoms with van der Waals surface area (Å²) in [5, 5.41) is 0. The molecule has 1 aromatic heterocycles. The van der Waals surface area contributed by atoms with Crippen molar-refractivity contribution in [1.82, 2.24) is 14.5 Å². The molecular weight excluding hydrogens is 410 g/mol. The third-order valence-corrected chi connectivity index (χ3v) is 5.62. The van der Waals surface area contributed by atoms with Gasteiger partial charge in [-0.2, -0.15) is 0 Å². The molecule has 32 heavy (non-hydrogen) atoms. The molecule has 9 heteroatoms. The van der Waals surface area contributed by atoms with Gasteiger partial charge in [0.25, 0.3) is 5.56 Å². The number of nitrogens with two attached hydrogens (primary N) is 1. The fourth-order valence-corrected chi connectivity index (χ4v) is 4.07. The Bertz CT molecular complexity index is 947. The number of likely N-dealkylation sites (tertiary alicyclic amines) is 1. The molecule has 0 radical (unpaired) electrons. The molecule has 2 rings (SSSR count). The maximum Gasteiger partial charge on any atom is 0.330 e. The minimum Gasteiger partial charge on any atom is -0.383 e. The van der Waals surface area contributed by atoms with Gasteiger partial charge in [0, 0.05) is 37.5 Å². The number of rotatable bonds is 6. The highest BCUT2D eigenvalue weighted by molar-refractivity contribution is 5.97. The van der Waals surface area contributed by atoms with E-state index in [-0.39, 0.29) is 41.1 Å². The van der Waals surface area contributed by atoms with Crippen molar-refractivity contribution in [2.45, 2.75) is 67.9 Å². The lowest BCUT2D eigenvalue weighted by molar-refractivity contribution is -0.142. The Morgan fingerprint density at radius 2 is 1.66 bits per heavy atom. The average Bonchev–Trinajstić information content (AvgIpc) is 2.68. The summed E-state index contributed by atoms with van der Waals surface area (Å²) in [5.74, 6) is -0.195. The molecule has 0 aliphatic carbocycles. The summed E-state index contributed by atoms with van der Waals surface area (Å²) < 4.78 is 1.33. The van der Waals surface area contributed by atoms with Gasteiger partial charge in [-0.15, -0.1) is 0 Å². The zero-order valence-electron chi connectivity index (χ0n) is 20.5. The fourth-order valence-electron chi connectivity index (χ4n) is 4.07. The minimum atomic E-state index is -0.651. The van der Waals surface area contributed by atoms with Gasteiger partial charge in [0.05, 0.1) is 0 Å². The number of amides is 2. The molecule has 1 aliphatic heterocycles. The maximum absolute atomic E-state index is 13.6. The molecule has 0 spiro atoms. The molecule has 2 amide bonds. The zero-order valence-corrected chi connectivity index (χ0v) is 20.5. The molecule has 1 aromatic rings. The number of nitrogen functional groups attached to an aromatic ring is 1. The van der Waals surface area contributed by atoms with Crippen molar-refractivity contribution >= 4 is 23.3 Å². The van der Waals surface area contributed by atoms with Crippen molar-refractivity contribution < 1.29 is 9.59 Å². The van der Waals surface area contributed by atoms with Crippen molar-refractivity contribution in [3.63, 3.8) is 0 Å². The highest BCUT2D eigenvalue weighted by Gasteiger charge is 2.35. The molecule has 1 aliphatic rings. The number of hydrogen-bond donors (Lipinski definition) is 2. The standard InChI is InChI=1S/C23H39N5O4/c1-14(2)12-27(17-18(24)28(13-15(3)4)22(32)25-19(17)29)20(30)16-8-10-26(11-9-16)21(31)23(5,6)7/h14-16H,8-13,24H2,1-7H3,(H,25,29,32). The second kappa shape index (κ2) is 9.92. The van der Waals surface area contributed by atoms with E-state index in [0.29, 0.717) is 39.0 Å². The number of H-pyrrole nitrogens is 1. The van der Waals surface area contributed by atoms with Gasteiger partial charge in [0.15, 0.2) is 5.69 Å². The van der Waals surface area contributed by atoms with Gasteiger partial charge in [-0.1, -0.05) is 48.5 Å². The van der Waals surface area contributed by atoms with Crippen LogP contribution in [0.5, 0.6) is 0 Å². The SMILES string of the molecule is CC(C)CN(C(=O)C1CCN(C(=O)C(C)(C)C)CC1)c1c(N)n(CC(C)C)c(=O)[nH]c1=O. The summed E-state index contributed by atoms with van der Waals surface area (Å²) in [6.07, 6.45) is 1.05. The van der Waals surface area contributed by atoms with E-state index in [4.69, 9.17) is 5.73 Å². The Morgan fingerprint density at radius 1 is 1.09 bits per heavy atom. The summed E-state index contributed by atoms with van der Waals surface area (Å²) in [5.41, 5.74) is 4.63. The normalized spacial score (nSPS) is 15.5. The minimum absolute atomic E-state index is 0.0156. The van der Waals surface area contributed by atoms with E-state index in [1.54, 1.807) is 4.90 Å². The summed E-state index contributed by atoms with van der Waals surface area (Å²) in [7, 11) is 0. The number of aromatic amines is 1. The topological polar surface area (TPSA) is 121 Å². The zero-order chi connectivity index (χ0) is 24.4. The summed E-state index contributed by atoms with van der Waals surface area (Å²) >= 11 is 0. The van der Waals surface area contributed by atoms with E-state index in [1.165, 1.54) is 9.47 Å². The molecule has 0 atom stereocenters. The van der Waals surface area contributed by atoms with Crippen molar-refractivity contribution in [1.29, 1.82) is 0 Å². The Hall–Kier alpha value is -2.58. The highest BCUT2D eigenvalue weighted by Crippen LogP contribution is 2.28. The predicted octanol–water partition coefficient (Wildman–Crippen LogP) is 2.05. The summed E-state index contributed by atoms with van der Waals surface area (Å²) in [4.78, 5) is 56.8. The Balaban J connectivity index is 2.36. The first-order valence-corrected chi connectivity index (χ1v) is 11.5. The van der Waals surface area contributed by atoms with E-state index in [0.717, 1.165) is 0 Å². The molecule has 0 unspecified atom stereocenters. The van der Waals surface area contributed by atoms with E-state index in [9.17, 15) is 19.2 Å². The number of nitrogens with one attached hydrogen (secondary N) is 1. The third kappa shape index (κ3) is 5.81. The lowest BCUT2D eigenvalue weighted by atomic mass is 9.90. The smallest absolute Gasteiger partial charge is 0.330 e. The van der Waals surface area contributed by atoms with Gasteiger partial charge in [-0.25, -0.2) is 4.79 Å². The Morgan fingerprint density at radius 3 is 2.12 bits per heavy atom. The average molecular weight is 450 g/mol. The van der Waals surface area contributed by atoms with Crippen LogP contribution in [-0.4, -0.2) is 45.9 Å². The van der Waals surface area contributed by atoms with Crippen LogP contribution in [0.2, 0.25) is 0 Å². The second-order valence-electron chi connectivity index (χ2n) is 10.7. The van der Waals surface area contributed by atoms with Gasteiger partial charge in [0.1, 0.15) is 5.82 Å². The van der Waals surface area contributed by atoms with Gasteiger partial charge >= 0.3 is 5.69 Å². The van der Waals surface area contributed by atoms with Crippen molar-refractivity contribution in [3.8, 4) is 0 Å². The lowest BCUT2D eigenvalue weighted by Crippen LogP contribution is -2.49. The van der Waals surface area contributed by atoms with Crippen LogP contribution in [0.25, 0.3) is 0 Å². The summed E-state index contributed by atoms with van der Waals surface area (Å²) in [6, 6.07) is 0. The van der Waals surface area contributed by atoms with E-state index in [1.807, 2.05) is 48.5 Å². The van der Waals surface area contributed by atoms with Crippen LogP contribution >= 0.6 is 0 Å². The largest absolute Gasteiger partial charge is 0.383 e. The first-order valence-electron chi connectivity index (χ1n) is 11.5. The number of nitrogens with zero attached hydrogens (tertiary/aromatic N) is 3. The van der Waals surface area contributed by atoms with Crippen LogP contribution in [0.1, 0.15) is 61.3 Å². The summed E-state index contributed by atoms with van der Waals surface area (Å²) in [6.45, 7) is 15.1. The molecular formula is C23H39N5O4. The molecule has 2 heterocycles. The number of hydrogen-bond acceptors (Lipinski definition) is 5. The molecule has 3 N–H and O–H groups in total. The maximum atomic E-state index is 13.6. The van der Waals surface area contributed by atoms with Crippen LogP contribution < -0.4 is 21.9 Å². The number of anilines is 2. The van der Waals surface area contributed by atoms with Gasteiger partial charge in [-0.05, 0) is 24.7 Å². The highest BCUT2D eigenvalue weighted by atomic mass is 16.2.